The number of hydrogen-bond donors (Lipinski definition) is 8. The first kappa shape index (κ1) is 40.3. The van der Waals surface area contributed by atoms with Gasteiger partial charge in [0.1, 0.15) is 44.2 Å². The maximum absolute atomic E-state index is 11.7. The summed E-state index contributed by atoms with van der Waals surface area (Å²) in [4.78, 5) is 17.0. The molecule has 3 aromatic heterocycles. The minimum absolute atomic E-state index is 0.0213. The molecule has 10 N–H and O–H groups in total. The molecule has 30 heteroatoms. The van der Waals surface area contributed by atoms with Crippen LogP contribution in [0.4, 0.5) is 57.9 Å². The minimum atomic E-state index is -4.89. The standard InChI is InChI=1S/C25H20ClN13O12S4/c26-23-33-24(31-19-7-3-13(21(27)29-19)36-38-15-9-11(52(40,41)42)1-5-17(15)54(46,47)48)35-25(34-23)32-20-8-4-14(22(28)30-20)37-39-16-10-12(53(43,44)45)2-6-18(16)55(49,50)51/h1-10H,(H,40,41,42)(H,43,44,45)(H,46,47,48)(H,49,50,51)(H6,27,28,29,30,31,32,33,34,35). The Morgan fingerprint density at radius 3 is 1.18 bits per heavy atom. The number of nitrogen functional groups attached to an aromatic ring is 2. The summed E-state index contributed by atoms with van der Waals surface area (Å²) in [7, 11) is -19.3. The van der Waals surface area contributed by atoms with Crippen LogP contribution in [0.2, 0.25) is 5.28 Å². The number of nitrogens with zero attached hydrogens (tertiary/aromatic N) is 9. The minimum Gasteiger partial charge on any atom is -0.382 e. The Balaban J connectivity index is 1.34. The first-order valence-corrected chi connectivity index (χ1v) is 20.1. The number of aromatic nitrogens is 5. The average Bonchev–Trinajstić information content (AvgIpc) is 3.05. The first-order valence-electron chi connectivity index (χ1n) is 14.0. The number of halogens is 1. The number of anilines is 6. The van der Waals surface area contributed by atoms with Crippen LogP contribution in [-0.4, -0.2) is 76.8 Å². The van der Waals surface area contributed by atoms with Crippen molar-refractivity contribution in [1.29, 1.82) is 0 Å². The van der Waals surface area contributed by atoms with E-state index < -0.39 is 71.4 Å². The second kappa shape index (κ2) is 15.1. The Morgan fingerprint density at radius 1 is 0.491 bits per heavy atom. The molecule has 5 aromatic rings. The number of rotatable bonds is 12. The van der Waals surface area contributed by atoms with Crippen molar-refractivity contribution in [3.05, 3.63) is 65.9 Å². The van der Waals surface area contributed by atoms with Crippen molar-refractivity contribution in [3.63, 3.8) is 0 Å². The van der Waals surface area contributed by atoms with E-state index in [1.165, 1.54) is 24.3 Å². The van der Waals surface area contributed by atoms with Crippen LogP contribution in [-0.2, 0) is 40.5 Å². The summed E-state index contributed by atoms with van der Waals surface area (Å²) in [6.45, 7) is 0. The van der Waals surface area contributed by atoms with Gasteiger partial charge in [-0.05, 0) is 72.3 Å². The smallest absolute Gasteiger partial charge is 0.296 e. The zero-order valence-corrected chi connectivity index (χ0v) is 30.5. The summed E-state index contributed by atoms with van der Waals surface area (Å²) in [6.07, 6.45) is 0. The third kappa shape index (κ3) is 10.2. The summed E-state index contributed by atoms with van der Waals surface area (Å²) in [5.74, 6) is -0.888. The van der Waals surface area contributed by atoms with Gasteiger partial charge in [-0.2, -0.15) is 48.6 Å². The SMILES string of the molecule is Nc1nc(Nc2nc(Cl)nc(Nc3ccc(N=Nc4cc(S(=O)(=O)O)ccc4S(=O)(=O)O)c(N)n3)n2)ccc1N=Nc1cc(S(=O)(=O)O)ccc1S(=O)(=O)O. The lowest BCUT2D eigenvalue weighted by atomic mass is 10.3. The van der Waals surface area contributed by atoms with E-state index in [4.69, 9.17) is 23.1 Å². The van der Waals surface area contributed by atoms with Gasteiger partial charge in [-0.1, -0.05) is 0 Å². The van der Waals surface area contributed by atoms with Crippen molar-refractivity contribution in [3.8, 4) is 0 Å². The predicted molar refractivity (Wildman–Crippen MR) is 189 cm³/mol. The highest BCUT2D eigenvalue weighted by molar-refractivity contribution is 7.87. The van der Waals surface area contributed by atoms with Gasteiger partial charge in [-0.15, -0.1) is 20.5 Å². The monoisotopic (exact) mass is 857 g/mol. The van der Waals surface area contributed by atoms with E-state index in [2.05, 4.69) is 56.0 Å². The van der Waals surface area contributed by atoms with Crippen molar-refractivity contribution >= 4 is 110 Å². The highest BCUT2D eigenvalue weighted by Gasteiger charge is 2.22. The summed E-state index contributed by atoms with van der Waals surface area (Å²) in [5, 5.41) is 19.9. The maximum Gasteiger partial charge on any atom is 0.296 e. The van der Waals surface area contributed by atoms with Crippen molar-refractivity contribution in [2.75, 3.05) is 22.1 Å². The third-order valence-corrected chi connectivity index (χ3v) is 10.1. The molecule has 288 valence electrons. The highest BCUT2D eigenvalue weighted by Crippen LogP contribution is 2.33. The molecule has 0 aliphatic rings. The zero-order chi connectivity index (χ0) is 40.5. The first-order chi connectivity index (χ1) is 25.5. The molecule has 0 saturated heterocycles. The van der Waals surface area contributed by atoms with Crippen LogP contribution in [0.1, 0.15) is 0 Å². The molecule has 25 nitrogen and oxygen atoms in total. The fraction of sp³-hybridized carbons (Fsp3) is 0. The summed E-state index contributed by atoms with van der Waals surface area (Å²) in [6, 6.07) is 9.30. The second-order valence-electron chi connectivity index (χ2n) is 10.3. The molecule has 0 radical (unpaired) electrons. The van der Waals surface area contributed by atoms with Crippen LogP contribution in [0.25, 0.3) is 0 Å². The summed E-state index contributed by atoms with van der Waals surface area (Å²) in [5.41, 5.74) is 10.3. The average molecular weight is 858 g/mol. The van der Waals surface area contributed by atoms with Gasteiger partial charge < -0.3 is 22.1 Å². The van der Waals surface area contributed by atoms with E-state index in [1.54, 1.807) is 0 Å². The Kier molecular flexibility index (Phi) is 11.0. The van der Waals surface area contributed by atoms with E-state index in [0.717, 1.165) is 12.1 Å². The Morgan fingerprint density at radius 2 is 0.855 bits per heavy atom. The van der Waals surface area contributed by atoms with Crippen molar-refractivity contribution in [1.82, 2.24) is 24.9 Å². The van der Waals surface area contributed by atoms with E-state index in [0.29, 0.717) is 24.3 Å². The lowest BCUT2D eigenvalue weighted by Gasteiger charge is -2.09. The summed E-state index contributed by atoms with van der Waals surface area (Å²) < 4.78 is 130. The van der Waals surface area contributed by atoms with Crippen LogP contribution in [0.3, 0.4) is 0 Å². The molecule has 0 bridgehead atoms. The quantitative estimate of drug-likeness (QED) is 0.0653. The van der Waals surface area contributed by atoms with E-state index in [-0.39, 0.29) is 51.8 Å². The largest absolute Gasteiger partial charge is 0.382 e. The van der Waals surface area contributed by atoms with Crippen LogP contribution < -0.4 is 22.1 Å². The van der Waals surface area contributed by atoms with Gasteiger partial charge in [0.25, 0.3) is 40.5 Å². The predicted octanol–water partition coefficient (Wildman–Crippen LogP) is 3.78. The van der Waals surface area contributed by atoms with Gasteiger partial charge in [-0.3, -0.25) is 18.2 Å². The van der Waals surface area contributed by atoms with Crippen molar-refractivity contribution < 1.29 is 51.9 Å². The fourth-order valence-corrected chi connectivity index (χ4v) is 6.43. The molecular weight excluding hydrogens is 838 g/mol. The molecule has 0 amide bonds. The number of azo groups is 2. The lowest BCUT2D eigenvalue weighted by molar-refractivity contribution is 0.478. The highest BCUT2D eigenvalue weighted by atomic mass is 35.5. The Hall–Kier alpha value is -5.92. The topological polar surface area (TPSA) is 407 Å². The third-order valence-electron chi connectivity index (χ3n) is 6.44. The molecule has 55 heavy (non-hydrogen) atoms. The van der Waals surface area contributed by atoms with Crippen molar-refractivity contribution in [2.45, 2.75) is 19.6 Å². The van der Waals surface area contributed by atoms with Crippen LogP contribution in [0.15, 0.2) is 101 Å². The molecule has 3 heterocycles. The number of nitrogens with one attached hydrogen (secondary N) is 2. The molecule has 0 atom stereocenters. The normalized spacial score (nSPS) is 12.7. The number of benzene rings is 2. The van der Waals surface area contributed by atoms with Gasteiger partial charge in [-0.25, -0.2) is 9.97 Å². The Labute approximate surface area is 313 Å². The second-order valence-corrected chi connectivity index (χ2v) is 16.2. The number of pyridine rings is 2. The zero-order valence-electron chi connectivity index (χ0n) is 26.5. The van der Waals surface area contributed by atoms with Crippen LogP contribution >= 0.6 is 11.6 Å². The molecule has 2 aromatic carbocycles. The fourth-order valence-electron chi connectivity index (χ4n) is 4.06. The molecule has 0 unspecified atom stereocenters. The Bertz CT molecular complexity index is 2690. The number of hydrogen-bond acceptors (Lipinski definition) is 21. The van der Waals surface area contributed by atoms with Crippen molar-refractivity contribution in [2.24, 2.45) is 20.5 Å². The molecule has 5 rings (SSSR count). The van der Waals surface area contributed by atoms with E-state index in [1.807, 2.05) is 0 Å². The molecule has 0 saturated carbocycles. The van der Waals surface area contributed by atoms with Gasteiger partial charge in [0.15, 0.2) is 11.6 Å². The number of nitrogens with two attached hydrogens (primary N) is 2. The van der Waals surface area contributed by atoms with E-state index >= 15 is 0 Å². The van der Waals surface area contributed by atoms with Gasteiger partial charge in [0.05, 0.1) is 9.79 Å². The van der Waals surface area contributed by atoms with Gasteiger partial charge >= 0.3 is 0 Å². The summed E-state index contributed by atoms with van der Waals surface area (Å²) >= 11 is 6.05. The lowest BCUT2D eigenvalue weighted by Crippen LogP contribution is -2.06. The molecule has 0 aliphatic heterocycles. The molecule has 0 aliphatic carbocycles. The molecule has 0 spiro atoms. The van der Waals surface area contributed by atoms with Crippen LogP contribution in [0, 0.1) is 0 Å². The van der Waals surface area contributed by atoms with Crippen LogP contribution in [0.5, 0.6) is 0 Å². The van der Waals surface area contributed by atoms with Gasteiger partial charge in [0.2, 0.25) is 17.2 Å². The van der Waals surface area contributed by atoms with E-state index in [9.17, 15) is 51.9 Å². The molecule has 0 fully saturated rings. The molecular formula is C25H20ClN13O12S4. The van der Waals surface area contributed by atoms with Gasteiger partial charge in [0, 0.05) is 0 Å². The maximum atomic E-state index is 11.7.